The Bertz CT molecular complexity index is 410. The molecule has 0 aromatic carbocycles. The minimum Gasteiger partial charge on any atom is -0.549 e. The molecule has 0 aliphatic carbocycles. The van der Waals surface area contributed by atoms with Gasteiger partial charge in [-0.25, -0.2) is 4.99 Å². The van der Waals surface area contributed by atoms with Crippen molar-refractivity contribution in [3.63, 3.8) is 0 Å². The number of aliphatic imine (C=N–C) groups is 1. The molecule has 1 unspecified atom stereocenters. The van der Waals surface area contributed by atoms with Crippen LogP contribution in [0.5, 0.6) is 0 Å². The first-order valence-electron chi connectivity index (χ1n) is 4.60. The maximum Gasteiger partial charge on any atom is 0.474 e. The van der Waals surface area contributed by atoms with Crippen molar-refractivity contribution >= 4 is 20.8 Å². The van der Waals surface area contributed by atoms with Crippen LogP contribution in [0, 0.1) is 0 Å². The fourth-order valence-electron chi connectivity index (χ4n) is 1.29. The van der Waals surface area contributed by atoms with Crippen LogP contribution in [0.1, 0.15) is 11.3 Å². The maximum absolute atomic E-state index is 5.48. The predicted octanol–water partition coefficient (Wildman–Crippen LogP) is -0.695. The van der Waals surface area contributed by atoms with E-state index in [-0.39, 0.29) is 0 Å². The lowest BCUT2D eigenvalue weighted by Crippen LogP contribution is -2.10. The van der Waals surface area contributed by atoms with Crippen LogP contribution in [0.25, 0.3) is 0 Å². The molecule has 1 aromatic rings. The van der Waals surface area contributed by atoms with Crippen molar-refractivity contribution in [2.24, 2.45) is 10.7 Å². The van der Waals surface area contributed by atoms with Gasteiger partial charge in [0.05, 0.1) is 5.69 Å². The standard InChI is InChI=1S/C8H7B2N3O2/c11-3-5-1-2-6(12-4-5)8(10-15-8)13-7-9-14-7/h1-2,4H,3,11H2. The normalized spacial score (nSPS) is 29.0. The van der Waals surface area contributed by atoms with Gasteiger partial charge in [-0.2, -0.15) is 0 Å². The lowest BCUT2D eigenvalue weighted by molar-refractivity contribution is 0.327. The highest BCUT2D eigenvalue weighted by molar-refractivity contribution is 6.83. The van der Waals surface area contributed by atoms with Crippen LogP contribution < -0.4 is 5.73 Å². The van der Waals surface area contributed by atoms with Crippen LogP contribution >= 0.6 is 0 Å². The summed E-state index contributed by atoms with van der Waals surface area (Å²) in [5.74, 6) is 0.591. The summed E-state index contributed by atoms with van der Waals surface area (Å²) in [5.41, 5.74) is 6.49. The monoisotopic (exact) mass is 199 g/mol. The molecule has 2 saturated heterocycles. The van der Waals surface area contributed by atoms with Gasteiger partial charge in [0.15, 0.2) is 11.4 Å². The fourth-order valence-corrected chi connectivity index (χ4v) is 1.29. The van der Waals surface area contributed by atoms with E-state index < -0.39 is 5.62 Å². The third-order valence-corrected chi connectivity index (χ3v) is 2.27. The highest BCUT2D eigenvalue weighted by Gasteiger charge is 2.52. The zero-order valence-electron chi connectivity index (χ0n) is 7.88. The van der Waals surface area contributed by atoms with Crippen LogP contribution in [0.15, 0.2) is 23.3 Å². The van der Waals surface area contributed by atoms with Gasteiger partial charge in [-0.05, 0) is 11.6 Å². The largest absolute Gasteiger partial charge is 0.549 e. The predicted molar refractivity (Wildman–Crippen MR) is 54.9 cm³/mol. The number of nitrogens with zero attached hydrogens (tertiary/aromatic N) is 2. The Kier molecular flexibility index (Phi) is 1.83. The van der Waals surface area contributed by atoms with Crippen molar-refractivity contribution in [1.29, 1.82) is 0 Å². The zero-order valence-corrected chi connectivity index (χ0v) is 7.88. The van der Waals surface area contributed by atoms with E-state index in [1.54, 1.807) is 21.2 Å². The minimum absolute atomic E-state index is 0.482. The molecule has 0 spiro atoms. The highest BCUT2D eigenvalue weighted by Crippen LogP contribution is 2.37. The molecule has 0 amide bonds. The summed E-state index contributed by atoms with van der Waals surface area (Å²) < 4.78 is 10.0. The summed E-state index contributed by atoms with van der Waals surface area (Å²) in [5, 5.41) is 0. The lowest BCUT2D eigenvalue weighted by atomic mass is 9.92. The van der Waals surface area contributed by atoms with Crippen LogP contribution in [0.2, 0.25) is 0 Å². The van der Waals surface area contributed by atoms with Gasteiger partial charge in [-0.1, -0.05) is 6.07 Å². The van der Waals surface area contributed by atoms with Gasteiger partial charge < -0.3 is 15.0 Å². The topological polar surface area (TPSA) is 76.3 Å². The molecule has 5 nitrogen and oxygen atoms in total. The van der Waals surface area contributed by atoms with Gasteiger partial charge in [0.25, 0.3) is 0 Å². The summed E-state index contributed by atoms with van der Waals surface area (Å²) in [6, 6.07) is 3.77. The number of hydrogen-bond donors (Lipinski definition) is 1. The molecule has 72 valence electrons. The Balaban J connectivity index is 1.88. The summed E-state index contributed by atoms with van der Waals surface area (Å²) in [6.07, 6.45) is 1.73. The molecule has 2 fully saturated rings. The molecule has 0 saturated carbocycles. The second-order valence-electron chi connectivity index (χ2n) is 3.37. The second-order valence-corrected chi connectivity index (χ2v) is 3.37. The Morgan fingerprint density at radius 2 is 2.33 bits per heavy atom. The second kappa shape index (κ2) is 3.08. The summed E-state index contributed by atoms with van der Waals surface area (Å²) in [6.45, 7) is 0.482. The van der Waals surface area contributed by atoms with E-state index in [4.69, 9.17) is 15.0 Å². The number of nitrogens with two attached hydrogens (primary N) is 1. The van der Waals surface area contributed by atoms with Crippen LogP contribution in [-0.2, 0) is 21.5 Å². The molecule has 2 radical (unpaired) electrons. The van der Waals surface area contributed by atoms with Gasteiger partial charge in [0.2, 0.25) is 0 Å². The van der Waals surface area contributed by atoms with E-state index in [0.29, 0.717) is 12.3 Å². The smallest absolute Gasteiger partial charge is 0.474 e. The zero-order chi connectivity index (χ0) is 10.3. The van der Waals surface area contributed by atoms with Crippen molar-refractivity contribution < 1.29 is 9.31 Å². The number of hydrogen-bond acceptors (Lipinski definition) is 5. The fraction of sp³-hybridized carbons (Fsp3) is 0.250. The van der Waals surface area contributed by atoms with E-state index in [0.717, 1.165) is 11.3 Å². The quantitative estimate of drug-likeness (QED) is 0.515. The summed E-state index contributed by atoms with van der Waals surface area (Å²) >= 11 is 0. The summed E-state index contributed by atoms with van der Waals surface area (Å²) in [4.78, 5) is 8.48. The molecule has 2 aliphatic rings. The first-order chi connectivity index (χ1) is 7.32. The van der Waals surface area contributed by atoms with Crippen molar-refractivity contribution in [2.75, 3.05) is 0 Å². The van der Waals surface area contributed by atoms with Gasteiger partial charge >= 0.3 is 15.0 Å². The molecule has 2 N–H and O–H groups in total. The molecule has 7 heteroatoms. The number of rotatable bonds is 3. The van der Waals surface area contributed by atoms with Gasteiger partial charge in [-0.15, -0.1) is 0 Å². The minimum atomic E-state index is -0.727. The summed E-state index contributed by atoms with van der Waals surface area (Å²) in [7, 11) is 3.19. The molecule has 2 aliphatic heterocycles. The third-order valence-electron chi connectivity index (χ3n) is 2.27. The molecule has 0 bridgehead atoms. The van der Waals surface area contributed by atoms with Crippen molar-refractivity contribution in [3.8, 4) is 0 Å². The van der Waals surface area contributed by atoms with Gasteiger partial charge in [0.1, 0.15) is 0 Å². The van der Waals surface area contributed by atoms with Crippen LogP contribution in [0.3, 0.4) is 0 Å². The maximum atomic E-state index is 5.48. The first-order valence-corrected chi connectivity index (χ1v) is 4.60. The molecular weight excluding hydrogens is 192 g/mol. The van der Waals surface area contributed by atoms with Crippen molar-refractivity contribution in [2.45, 2.75) is 12.2 Å². The molecule has 15 heavy (non-hydrogen) atoms. The number of aromatic nitrogens is 1. The highest BCUT2D eigenvalue weighted by atomic mass is 16.6. The lowest BCUT2D eigenvalue weighted by Gasteiger charge is -2.06. The van der Waals surface area contributed by atoms with Gasteiger partial charge in [0, 0.05) is 12.7 Å². The van der Waals surface area contributed by atoms with E-state index >= 15 is 0 Å². The first kappa shape index (κ1) is 8.94. The average molecular weight is 199 g/mol. The third kappa shape index (κ3) is 1.64. The molecule has 1 aromatic heterocycles. The van der Waals surface area contributed by atoms with Crippen LogP contribution in [0.4, 0.5) is 0 Å². The van der Waals surface area contributed by atoms with Gasteiger partial charge in [-0.3, -0.25) is 4.98 Å². The number of pyridine rings is 1. The Hall–Kier alpha value is -1.33. The van der Waals surface area contributed by atoms with E-state index in [1.807, 2.05) is 12.1 Å². The Morgan fingerprint density at radius 1 is 1.53 bits per heavy atom. The van der Waals surface area contributed by atoms with E-state index in [1.165, 1.54) is 0 Å². The van der Waals surface area contributed by atoms with Crippen LogP contribution in [-0.4, -0.2) is 25.7 Å². The molecular formula is C8H7B2N3O2. The Labute approximate surface area is 88.2 Å². The van der Waals surface area contributed by atoms with E-state index in [9.17, 15) is 0 Å². The SMILES string of the molecule is NCc1ccc(C2(N=C3[B]O3)[B]O2)nc1. The van der Waals surface area contributed by atoms with Crippen molar-refractivity contribution in [3.05, 3.63) is 29.6 Å². The Morgan fingerprint density at radius 3 is 2.80 bits per heavy atom. The molecule has 1 atom stereocenters. The van der Waals surface area contributed by atoms with E-state index in [2.05, 4.69) is 9.98 Å². The molecule has 3 rings (SSSR count). The average Bonchev–Trinajstić information content (AvgIpc) is 3.17. The molecule has 3 heterocycles. The van der Waals surface area contributed by atoms with Crippen molar-refractivity contribution in [1.82, 2.24) is 4.98 Å².